The van der Waals surface area contributed by atoms with Gasteiger partial charge in [-0.3, -0.25) is 4.79 Å². The van der Waals surface area contributed by atoms with Crippen molar-refractivity contribution < 1.29 is 23.3 Å². The molecule has 7 rings (SSSR count). The van der Waals surface area contributed by atoms with E-state index in [-0.39, 0.29) is 41.6 Å². The molecule has 6 atom stereocenters. The van der Waals surface area contributed by atoms with Crippen LogP contribution in [0.1, 0.15) is 52.0 Å². The zero-order chi connectivity index (χ0) is 27.4. The van der Waals surface area contributed by atoms with Crippen LogP contribution in [0.25, 0.3) is 15.8 Å². The number of nitrogens with one attached hydrogen (secondary N) is 2. The molecule has 3 heterocycles. The molecule has 39 heavy (non-hydrogen) atoms. The average Bonchev–Trinajstić information content (AvgIpc) is 3.63. The first-order chi connectivity index (χ1) is 18.7. The Morgan fingerprint density at radius 3 is 2.87 bits per heavy atom. The van der Waals surface area contributed by atoms with Crippen molar-refractivity contribution in [3.05, 3.63) is 47.5 Å². The summed E-state index contributed by atoms with van der Waals surface area (Å²) >= 11 is 0. The average molecular weight is 532 g/mol. The second-order valence-electron chi connectivity index (χ2n) is 12.5. The van der Waals surface area contributed by atoms with Crippen LogP contribution in [-0.4, -0.2) is 67.3 Å². The highest BCUT2D eigenvalue weighted by molar-refractivity contribution is 6.48. The van der Waals surface area contributed by atoms with Crippen LogP contribution in [0.2, 0.25) is 0 Å². The number of fused-ring (bicyclic) bond motifs is 1. The quantitative estimate of drug-likeness (QED) is 0.418. The van der Waals surface area contributed by atoms with Gasteiger partial charge in [-0.05, 0) is 67.9 Å². The minimum Gasteiger partial charge on any atom is -0.464 e. The third-order valence-corrected chi connectivity index (χ3v) is 10.0. The highest BCUT2D eigenvalue weighted by Crippen LogP contribution is 2.65. The summed E-state index contributed by atoms with van der Waals surface area (Å²) < 4.78 is 19.1. The van der Waals surface area contributed by atoms with Gasteiger partial charge in [-0.2, -0.15) is 0 Å². The van der Waals surface area contributed by atoms with Gasteiger partial charge < -0.3 is 34.1 Å². The smallest absolute Gasteiger partial charge is 0.464 e. The van der Waals surface area contributed by atoms with Gasteiger partial charge in [0.2, 0.25) is 0 Å². The molecule has 3 saturated carbocycles. The first kappa shape index (κ1) is 26.2. The molecule has 1 aromatic heterocycles. The van der Waals surface area contributed by atoms with Crippen LogP contribution in [0.4, 0.5) is 4.79 Å². The van der Waals surface area contributed by atoms with Crippen molar-refractivity contribution in [2.24, 2.45) is 17.3 Å². The Morgan fingerprint density at radius 2 is 2.08 bits per heavy atom. The molecular formula is C29H37BN4O5. The Morgan fingerprint density at radius 1 is 1.26 bits per heavy atom. The van der Waals surface area contributed by atoms with Gasteiger partial charge in [-0.1, -0.05) is 32.0 Å². The minimum absolute atomic E-state index is 0.00763. The van der Waals surface area contributed by atoms with E-state index in [0.717, 1.165) is 42.2 Å². The van der Waals surface area contributed by atoms with E-state index < -0.39 is 13.1 Å². The topological polar surface area (TPSA) is 97.4 Å². The van der Waals surface area contributed by atoms with Gasteiger partial charge in [-0.25, -0.2) is 11.4 Å². The number of para-hydroxylation sites is 1. The highest BCUT2D eigenvalue weighted by Gasteiger charge is 2.68. The minimum atomic E-state index is -0.585. The Bertz CT molecular complexity index is 1310. The molecule has 3 amide bonds. The Hall–Kier alpha value is -3.03. The number of hydrogen-bond acceptors (Lipinski definition) is 5. The van der Waals surface area contributed by atoms with E-state index in [2.05, 4.69) is 36.2 Å². The van der Waals surface area contributed by atoms with Crippen LogP contribution < -0.4 is 10.6 Å². The molecule has 0 spiro atoms. The predicted molar refractivity (Wildman–Crippen MR) is 147 cm³/mol. The maximum absolute atomic E-state index is 13.2. The third kappa shape index (κ3) is 4.50. The normalized spacial score (nSPS) is 31.3. The number of likely N-dealkylation sites (tertiary alicyclic amines) is 1. The van der Waals surface area contributed by atoms with Gasteiger partial charge in [0.05, 0.1) is 23.9 Å². The fourth-order valence-electron chi connectivity index (χ4n) is 7.68. The lowest BCUT2D eigenvalue weighted by Gasteiger charge is -2.64. The number of amides is 3. The van der Waals surface area contributed by atoms with Gasteiger partial charge in [0.1, 0.15) is 5.58 Å². The number of carbonyl (C=O) groups is 2. The molecule has 2 bridgehead atoms. The fraction of sp³-hybridized carbons (Fsp3) is 0.621. The second-order valence-corrected chi connectivity index (χ2v) is 12.5. The van der Waals surface area contributed by atoms with E-state index in [4.69, 9.17) is 20.3 Å². The van der Waals surface area contributed by atoms with Crippen LogP contribution in [0.5, 0.6) is 0 Å². The van der Waals surface area contributed by atoms with Crippen molar-refractivity contribution in [3.63, 3.8) is 0 Å². The van der Waals surface area contributed by atoms with Gasteiger partial charge in [-0.15, -0.1) is 0 Å². The van der Waals surface area contributed by atoms with E-state index >= 15 is 0 Å². The summed E-state index contributed by atoms with van der Waals surface area (Å²) in [6.45, 7) is 14.7. The van der Waals surface area contributed by atoms with E-state index in [1.165, 1.54) is 0 Å². The molecular weight excluding hydrogens is 495 g/mol. The number of rotatable bonds is 7. The zero-order valence-corrected chi connectivity index (χ0v) is 22.9. The largest absolute Gasteiger partial charge is 0.482 e. The molecule has 206 valence electrons. The molecule has 2 saturated heterocycles. The number of carbonyl (C=O) groups excluding carboxylic acids is 2. The SMILES string of the molecule is [C-]#[N+]CC(=O)N1CCC[C@@H]1CNC(=O)N[C@@H](Cc1coc2ccccc12)B1O[C@@H]2C[C@@H]3C[C@@H](C3(C)C)[C@]2(C)O1. The first-order valence-corrected chi connectivity index (χ1v) is 14.2. The van der Waals surface area contributed by atoms with E-state index in [9.17, 15) is 9.59 Å². The Kier molecular flexibility index (Phi) is 6.63. The molecule has 5 fully saturated rings. The molecule has 9 nitrogen and oxygen atoms in total. The van der Waals surface area contributed by atoms with Gasteiger partial charge >= 0.3 is 19.1 Å². The molecule has 10 heteroatoms. The van der Waals surface area contributed by atoms with Crippen LogP contribution in [-0.2, 0) is 20.5 Å². The van der Waals surface area contributed by atoms with Crippen molar-refractivity contribution >= 4 is 30.0 Å². The maximum Gasteiger partial charge on any atom is 0.482 e. The summed E-state index contributed by atoms with van der Waals surface area (Å²) in [6, 6.07) is 7.45. The monoisotopic (exact) mass is 532 g/mol. The lowest BCUT2D eigenvalue weighted by molar-refractivity contribution is -0.199. The highest BCUT2D eigenvalue weighted by atomic mass is 16.7. The van der Waals surface area contributed by atoms with Crippen molar-refractivity contribution in [3.8, 4) is 0 Å². The number of furan rings is 1. The van der Waals surface area contributed by atoms with Crippen LogP contribution in [0.15, 0.2) is 34.9 Å². The van der Waals surface area contributed by atoms with Gasteiger partial charge in [0, 0.05) is 24.5 Å². The lowest BCUT2D eigenvalue weighted by atomic mass is 9.43. The molecule has 1 aromatic carbocycles. The summed E-state index contributed by atoms with van der Waals surface area (Å²) in [5.41, 5.74) is 1.63. The molecule has 0 radical (unpaired) electrons. The van der Waals surface area contributed by atoms with Crippen LogP contribution in [0.3, 0.4) is 0 Å². The van der Waals surface area contributed by atoms with Crippen LogP contribution in [0, 0.1) is 23.8 Å². The Labute approximate surface area is 229 Å². The molecule has 3 aliphatic carbocycles. The molecule has 5 aliphatic rings. The van der Waals surface area contributed by atoms with Crippen molar-refractivity contribution in [1.82, 2.24) is 15.5 Å². The van der Waals surface area contributed by atoms with Crippen molar-refractivity contribution in [2.75, 3.05) is 19.6 Å². The van der Waals surface area contributed by atoms with Gasteiger partial charge in [0.15, 0.2) is 0 Å². The number of benzene rings is 1. The fourth-order valence-corrected chi connectivity index (χ4v) is 7.68. The summed E-state index contributed by atoms with van der Waals surface area (Å²) in [5, 5.41) is 7.12. The molecule has 0 unspecified atom stereocenters. The van der Waals surface area contributed by atoms with Crippen molar-refractivity contribution in [1.29, 1.82) is 0 Å². The Balaban J connectivity index is 1.17. The predicted octanol–water partition coefficient (Wildman–Crippen LogP) is 3.82. The summed E-state index contributed by atoms with van der Waals surface area (Å²) in [4.78, 5) is 30.5. The number of nitrogens with zero attached hydrogens (tertiary/aromatic N) is 2. The summed E-state index contributed by atoms with van der Waals surface area (Å²) in [6.07, 6.45) is 6.06. The van der Waals surface area contributed by atoms with E-state index in [1.807, 2.05) is 24.3 Å². The number of hydrogen-bond donors (Lipinski definition) is 2. The zero-order valence-electron chi connectivity index (χ0n) is 22.9. The number of urea groups is 1. The molecule has 2 aliphatic heterocycles. The second kappa shape index (κ2) is 9.86. The van der Waals surface area contributed by atoms with Crippen LogP contribution >= 0.6 is 0 Å². The molecule has 2 aromatic rings. The van der Waals surface area contributed by atoms with Crippen molar-refractivity contribution in [2.45, 2.75) is 76.6 Å². The molecule has 2 N–H and O–H groups in total. The third-order valence-electron chi connectivity index (χ3n) is 10.0. The van der Waals surface area contributed by atoms with E-state index in [0.29, 0.717) is 31.3 Å². The first-order valence-electron chi connectivity index (χ1n) is 14.2. The summed E-state index contributed by atoms with van der Waals surface area (Å²) in [7, 11) is -0.585. The van der Waals surface area contributed by atoms with Gasteiger partial charge in [0.25, 0.3) is 6.54 Å². The summed E-state index contributed by atoms with van der Waals surface area (Å²) in [5.74, 6) is 0.446. The van der Waals surface area contributed by atoms with E-state index in [1.54, 1.807) is 11.2 Å². The standard InChI is InChI=1S/C29H37BN4O5/c1-28(2)19-13-23(28)29(3)24(14-19)38-30(39-29)25(12-18-17-37-22-10-6-5-9-21(18)22)33-27(36)32-15-20-8-7-11-34(20)26(35)16-31-4/h5-6,9-10,17,19-20,23-25H,7-8,11-16H2,1-3H3,(H2,32,33,36)/t19-,20+,23-,24+,25-,29-/m0/s1. The lowest BCUT2D eigenvalue weighted by Crippen LogP contribution is -2.65. The maximum atomic E-state index is 13.2.